The second-order valence-electron chi connectivity index (χ2n) is 12.7. The summed E-state index contributed by atoms with van der Waals surface area (Å²) in [6.45, 7) is 0. The minimum atomic E-state index is -3.44. The molecule has 0 aliphatic carbocycles. The molecule has 0 N–H and O–H groups in total. The van der Waals surface area contributed by atoms with Crippen LogP contribution in [0.2, 0.25) is 0 Å². The van der Waals surface area contributed by atoms with Crippen molar-refractivity contribution in [3.05, 3.63) is 152 Å². The Balaban J connectivity index is 1.24. The summed E-state index contributed by atoms with van der Waals surface area (Å²) in [5.41, 5.74) is 1.89. The minimum absolute atomic E-state index is 0.581. The smallest absolute Gasteiger partial charge is 0.185 e. The summed E-state index contributed by atoms with van der Waals surface area (Å²) in [6, 6.07) is 52.3. The van der Waals surface area contributed by atoms with Crippen molar-refractivity contribution in [3.63, 3.8) is 0 Å². The Kier molecular flexibility index (Phi) is 5.10. The molecule has 1 unspecified atom stereocenters. The van der Waals surface area contributed by atoms with Crippen molar-refractivity contribution in [2.45, 2.75) is 0 Å². The molecule has 0 fully saturated rings. The van der Waals surface area contributed by atoms with E-state index in [1.54, 1.807) is 0 Å². The molecule has 3 nitrogen and oxygen atoms in total. The maximum absolute atomic E-state index is 16.2. The maximum Gasteiger partial charge on any atom is 0.185 e. The van der Waals surface area contributed by atoms with Gasteiger partial charge in [-0.1, -0.05) is 121 Å². The third kappa shape index (κ3) is 3.31. The predicted molar refractivity (Wildman–Crippen MR) is 199 cm³/mol. The first-order valence-electron chi connectivity index (χ1n) is 16.2. The average Bonchev–Trinajstić information content (AvgIpc) is 3.15. The molecule has 0 saturated heterocycles. The van der Waals surface area contributed by atoms with Crippen molar-refractivity contribution in [3.8, 4) is 34.1 Å². The van der Waals surface area contributed by atoms with Crippen molar-refractivity contribution in [1.29, 1.82) is 0 Å². The molecular formula is C44H25O3P. The number of ether oxygens (including phenoxy) is 2. The van der Waals surface area contributed by atoms with Crippen LogP contribution in [0.25, 0.3) is 65.0 Å². The van der Waals surface area contributed by atoms with Gasteiger partial charge in [-0.25, -0.2) is 0 Å². The Morgan fingerprint density at radius 2 is 0.896 bits per heavy atom. The Hall–Kier alpha value is -5.89. The molecule has 1 atom stereocenters. The van der Waals surface area contributed by atoms with Crippen LogP contribution < -0.4 is 25.4 Å². The fourth-order valence-electron chi connectivity index (χ4n) is 8.10. The molecule has 11 rings (SSSR count). The first-order valence-corrected chi connectivity index (χ1v) is 17.9. The lowest BCUT2D eigenvalue weighted by Crippen LogP contribution is -2.35. The van der Waals surface area contributed by atoms with Gasteiger partial charge >= 0.3 is 0 Å². The predicted octanol–water partition coefficient (Wildman–Crippen LogP) is 11.0. The van der Waals surface area contributed by atoms with Gasteiger partial charge in [0.05, 0.1) is 10.6 Å². The standard InChI is InChI=1S/C44H25O3P/c45-48-39-23-18-26-9-1-3-11-29(26)41(39)46-38-22-21-31(43(44(38)48)47-42-30-12-4-2-10-27(30)19-24-40(42)48)28-17-20-36-34-15-6-5-13-32(34)33-14-7-8-16-35(33)37(36)25-28/h1-25H. The van der Waals surface area contributed by atoms with Gasteiger partial charge in [0, 0.05) is 16.3 Å². The summed E-state index contributed by atoms with van der Waals surface area (Å²) in [4.78, 5) is 0. The molecule has 0 radical (unpaired) electrons. The van der Waals surface area contributed by atoms with E-state index in [1.807, 2.05) is 48.5 Å². The van der Waals surface area contributed by atoms with Gasteiger partial charge in [0.1, 0.15) is 28.3 Å². The van der Waals surface area contributed by atoms with Gasteiger partial charge in [-0.3, -0.25) is 0 Å². The van der Waals surface area contributed by atoms with E-state index in [1.165, 1.54) is 32.3 Å². The third-order valence-corrected chi connectivity index (χ3v) is 13.4. The molecule has 2 aliphatic heterocycles. The Morgan fingerprint density at radius 1 is 0.396 bits per heavy atom. The van der Waals surface area contributed by atoms with E-state index in [0.717, 1.165) is 32.7 Å². The van der Waals surface area contributed by atoms with Crippen molar-refractivity contribution in [1.82, 2.24) is 0 Å². The van der Waals surface area contributed by atoms with Gasteiger partial charge in [-0.05, 0) is 79.0 Å². The summed E-state index contributed by atoms with van der Waals surface area (Å²) in [5.74, 6) is 2.49. The minimum Gasteiger partial charge on any atom is -0.455 e. The summed E-state index contributed by atoms with van der Waals surface area (Å²) in [7, 11) is -3.44. The lowest BCUT2D eigenvalue weighted by Gasteiger charge is -2.36. The molecular weight excluding hydrogens is 607 g/mol. The fraction of sp³-hybridized carbons (Fsp3) is 0. The molecule has 0 amide bonds. The first kappa shape index (κ1) is 26.2. The molecule has 0 bridgehead atoms. The van der Waals surface area contributed by atoms with Crippen LogP contribution in [-0.4, -0.2) is 0 Å². The maximum atomic E-state index is 16.2. The molecule has 9 aromatic rings. The van der Waals surface area contributed by atoms with Crippen molar-refractivity contribution in [2.24, 2.45) is 0 Å². The second kappa shape index (κ2) is 9.35. The van der Waals surface area contributed by atoms with Crippen LogP contribution in [0.4, 0.5) is 0 Å². The van der Waals surface area contributed by atoms with Gasteiger partial charge in [-0.15, -0.1) is 0 Å². The van der Waals surface area contributed by atoms with E-state index >= 15 is 4.57 Å². The lowest BCUT2D eigenvalue weighted by molar-refractivity contribution is 0.468. The highest BCUT2D eigenvalue weighted by Gasteiger charge is 2.48. The first-order chi connectivity index (χ1) is 23.7. The van der Waals surface area contributed by atoms with E-state index in [0.29, 0.717) is 38.9 Å². The van der Waals surface area contributed by atoms with Gasteiger partial charge in [0.15, 0.2) is 7.14 Å². The summed E-state index contributed by atoms with van der Waals surface area (Å²) in [6.07, 6.45) is 0. The Bertz CT molecular complexity index is 2890. The van der Waals surface area contributed by atoms with E-state index in [9.17, 15) is 0 Å². The van der Waals surface area contributed by atoms with Crippen LogP contribution in [0.1, 0.15) is 0 Å². The highest BCUT2D eigenvalue weighted by atomic mass is 31.2. The van der Waals surface area contributed by atoms with Gasteiger partial charge < -0.3 is 14.0 Å². The van der Waals surface area contributed by atoms with Crippen molar-refractivity contribution >= 4 is 76.9 Å². The normalized spacial score (nSPS) is 16.0. The van der Waals surface area contributed by atoms with Crippen LogP contribution >= 0.6 is 7.14 Å². The molecule has 4 heteroatoms. The van der Waals surface area contributed by atoms with Gasteiger partial charge in [-0.2, -0.15) is 0 Å². The summed E-state index contributed by atoms with van der Waals surface area (Å²) in [5, 5.41) is 13.3. The van der Waals surface area contributed by atoms with Crippen LogP contribution in [0.5, 0.6) is 23.0 Å². The Labute approximate surface area is 276 Å². The molecule has 2 aliphatic rings. The zero-order valence-electron chi connectivity index (χ0n) is 25.6. The van der Waals surface area contributed by atoms with Crippen LogP contribution in [0.15, 0.2) is 152 Å². The summed E-state index contributed by atoms with van der Waals surface area (Å²) >= 11 is 0. The average molecular weight is 633 g/mol. The monoisotopic (exact) mass is 632 g/mol. The van der Waals surface area contributed by atoms with Crippen molar-refractivity contribution < 1.29 is 14.0 Å². The van der Waals surface area contributed by atoms with E-state index < -0.39 is 7.14 Å². The third-order valence-electron chi connectivity index (χ3n) is 10.3. The Morgan fingerprint density at radius 3 is 1.50 bits per heavy atom. The van der Waals surface area contributed by atoms with Crippen molar-refractivity contribution in [2.75, 3.05) is 0 Å². The number of hydrogen-bond donors (Lipinski definition) is 0. The van der Waals surface area contributed by atoms with E-state index in [2.05, 4.69) is 103 Å². The van der Waals surface area contributed by atoms with Crippen LogP contribution in [0.3, 0.4) is 0 Å². The number of hydrogen-bond acceptors (Lipinski definition) is 3. The molecule has 2 heterocycles. The molecule has 224 valence electrons. The highest BCUT2D eigenvalue weighted by Crippen LogP contribution is 2.61. The van der Waals surface area contributed by atoms with E-state index in [4.69, 9.17) is 9.47 Å². The summed E-state index contributed by atoms with van der Waals surface area (Å²) < 4.78 is 29.9. The number of rotatable bonds is 1. The fourth-order valence-corrected chi connectivity index (χ4v) is 11.2. The van der Waals surface area contributed by atoms with Crippen LogP contribution in [0, 0.1) is 0 Å². The zero-order valence-corrected chi connectivity index (χ0v) is 26.5. The molecule has 0 spiro atoms. The highest BCUT2D eigenvalue weighted by molar-refractivity contribution is 7.86. The molecule has 48 heavy (non-hydrogen) atoms. The number of benzene rings is 9. The lowest BCUT2D eigenvalue weighted by atomic mass is 9.92. The molecule has 0 saturated carbocycles. The van der Waals surface area contributed by atoms with Gasteiger partial charge in [0.25, 0.3) is 0 Å². The second-order valence-corrected chi connectivity index (χ2v) is 15.4. The largest absolute Gasteiger partial charge is 0.455 e. The van der Waals surface area contributed by atoms with E-state index in [-0.39, 0.29) is 0 Å². The molecule has 0 aromatic heterocycles. The quantitative estimate of drug-likeness (QED) is 0.133. The topological polar surface area (TPSA) is 35.5 Å². The number of fused-ring (bicyclic) bond motifs is 14. The SMILES string of the molecule is O=P12c3ccc4ccccc4c3Oc3ccc(-c4ccc5c6ccccc6c6ccccc6c5c4)c(c31)Oc1c2ccc2ccccc12. The van der Waals surface area contributed by atoms with Gasteiger partial charge in [0.2, 0.25) is 0 Å². The van der Waals surface area contributed by atoms with Crippen LogP contribution in [-0.2, 0) is 4.57 Å². The molecule has 9 aromatic carbocycles. The zero-order chi connectivity index (χ0) is 31.6.